The Morgan fingerprint density at radius 1 is 0.947 bits per heavy atom. The lowest BCUT2D eigenvalue weighted by Crippen LogP contribution is -2.44. The lowest BCUT2D eigenvalue weighted by molar-refractivity contribution is -0.117. The molecule has 0 saturated heterocycles. The number of hydrogen-bond acceptors (Lipinski definition) is 3. The van der Waals surface area contributed by atoms with Gasteiger partial charge in [-0.25, -0.2) is 4.79 Å². The van der Waals surface area contributed by atoms with Crippen LogP contribution in [0.15, 0.2) is 0 Å². The minimum absolute atomic E-state index is 0.161. The Hall–Kier alpha value is -0.710. The van der Waals surface area contributed by atoms with Gasteiger partial charge in [0.1, 0.15) is 0 Å². The number of hydrogen-bond donors (Lipinski definition) is 2. The van der Waals surface area contributed by atoms with E-state index in [2.05, 4.69) is 10.6 Å². The van der Waals surface area contributed by atoms with E-state index in [4.69, 9.17) is 0 Å². The van der Waals surface area contributed by atoms with Gasteiger partial charge in [-0.3, -0.25) is 10.1 Å². The second kappa shape index (κ2) is 7.78. The van der Waals surface area contributed by atoms with Crippen molar-refractivity contribution >= 4 is 23.7 Å². The van der Waals surface area contributed by atoms with Crippen LogP contribution in [0.5, 0.6) is 0 Å². The van der Waals surface area contributed by atoms with Gasteiger partial charge in [-0.2, -0.15) is 0 Å². The molecule has 0 atom stereocenters. The molecule has 0 aromatic heterocycles. The molecular weight excluding hydrogens is 260 g/mol. The molecule has 2 N–H and O–H groups in total. The van der Waals surface area contributed by atoms with Crippen LogP contribution in [-0.4, -0.2) is 29.0 Å². The molecule has 2 aliphatic rings. The minimum Gasteiger partial charge on any atom is -0.335 e. The van der Waals surface area contributed by atoms with Crippen molar-refractivity contribution < 1.29 is 9.59 Å². The number of urea groups is 1. The molecule has 0 aromatic rings. The second-order valence-electron chi connectivity index (χ2n) is 5.57. The van der Waals surface area contributed by atoms with Gasteiger partial charge in [0, 0.05) is 11.3 Å². The van der Waals surface area contributed by atoms with Gasteiger partial charge in [0.05, 0.1) is 5.75 Å². The van der Waals surface area contributed by atoms with Crippen LogP contribution in [0.25, 0.3) is 0 Å². The summed E-state index contributed by atoms with van der Waals surface area (Å²) in [5.41, 5.74) is 0. The van der Waals surface area contributed by atoms with E-state index in [0.29, 0.717) is 11.0 Å². The van der Waals surface area contributed by atoms with Crippen molar-refractivity contribution in [3.05, 3.63) is 0 Å². The predicted molar refractivity (Wildman–Crippen MR) is 78.3 cm³/mol. The molecule has 2 saturated carbocycles. The van der Waals surface area contributed by atoms with Crippen LogP contribution in [0.2, 0.25) is 0 Å². The number of thioether (sulfide) groups is 1. The second-order valence-corrected chi connectivity index (χ2v) is 6.86. The average molecular weight is 284 g/mol. The maximum absolute atomic E-state index is 11.7. The Balaban J connectivity index is 1.58. The molecule has 0 aromatic carbocycles. The first-order chi connectivity index (χ1) is 9.24. The van der Waals surface area contributed by atoms with E-state index >= 15 is 0 Å². The van der Waals surface area contributed by atoms with Crippen LogP contribution < -0.4 is 10.6 Å². The van der Waals surface area contributed by atoms with E-state index < -0.39 is 0 Å². The molecule has 0 bridgehead atoms. The van der Waals surface area contributed by atoms with Crippen molar-refractivity contribution in [3.8, 4) is 0 Å². The van der Waals surface area contributed by atoms with Crippen LogP contribution in [0.1, 0.15) is 57.8 Å². The molecule has 0 heterocycles. The van der Waals surface area contributed by atoms with Crippen molar-refractivity contribution in [2.45, 2.75) is 69.1 Å². The zero-order valence-corrected chi connectivity index (χ0v) is 12.3. The van der Waals surface area contributed by atoms with Crippen molar-refractivity contribution in [2.24, 2.45) is 0 Å². The summed E-state index contributed by atoms with van der Waals surface area (Å²) in [6.07, 6.45) is 10.7. The summed E-state index contributed by atoms with van der Waals surface area (Å²) in [7, 11) is 0. The molecule has 0 spiro atoms. The molecule has 2 aliphatic carbocycles. The van der Waals surface area contributed by atoms with E-state index in [9.17, 15) is 9.59 Å². The van der Waals surface area contributed by atoms with Crippen LogP contribution in [0, 0.1) is 0 Å². The Morgan fingerprint density at radius 2 is 1.58 bits per heavy atom. The first kappa shape index (κ1) is 14.7. The molecule has 0 radical (unpaired) electrons. The normalized spacial score (nSPS) is 21.3. The quantitative estimate of drug-likeness (QED) is 0.834. The van der Waals surface area contributed by atoms with E-state index in [-0.39, 0.29) is 18.0 Å². The Kier molecular flexibility index (Phi) is 6.01. The summed E-state index contributed by atoms with van der Waals surface area (Å²) in [6, 6.07) is -0.0556. The summed E-state index contributed by atoms with van der Waals surface area (Å²) in [5.74, 6) is 0.244. The highest BCUT2D eigenvalue weighted by atomic mass is 32.2. The van der Waals surface area contributed by atoms with Crippen molar-refractivity contribution in [1.29, 1.82) is 0 Å². The third kappa shape index (κ3) is 5.43. The Bertz CT molecular complexity index is 311. The first-order valence-corrected chi connectivity index (χ1v) is 8.51. The molecule has 5 heteroatoms. The van der Waals surface area contributed by atoms with E-state index in [1.54, 1.807) is 11.8 Å². The molecule has 19 heavy (non-hydrogen) atoms. The van der Waals surface area contributed by atoms with Gasteiger partial charge in [0.2, 0.25) is 5.91 Å². The van der Waals surface area contributed by atoms with Gasteiger partial charge in [-0.15, -0.1) is 11.8 Å². The van der Waals surface area contributed by atoms with Crippen LogP contribution in [0.3, 0.4) is 0 Å². The number of carbonyl (C=O) groups is 2. The smallest absolute Gasteiger partial charge is 0.321 e. The average Bonchev–Trinajstić information content (AvgIpc) is 2.90. The fraction of sp³-hybridized carbons (Fsp3) is 0.857. The lowest BCUT2D eigenvalue weighted by Gasteiger charge is -2.20. The zero-order valence-electron chi connectivity index (χ0n) is 11.5. The third-order valence-corrected chi connectivity index (χ3v) is 5.32. The third-order valence-electron chi connectivity index (χ3n) is 3.95. The number of imide groups is 1. The maximum atomic E-state index is 11.7. The molecule has 0 aliphatic heterocycles. The fourth-order valence-corrected chi connectivity index (χ4v) is 4.01. The highest BCUT2D eigenvalue weighted by Gasteiger charge is 2.19. The van der Waals surface area contributed by atoms with Gasteiger partial charge in [0.25, 0.3) is 0 Å². The van der Waals surface area contributed by atoms with Crippen LogP contribution >= 0.6 is 11.8 Å². The first-order valence-electron chi connectivity index (χ1n) is 7.46. The van der Waals surface area contributed by atoms with E-state index in [1.165, 1.54) is 44.9 Å². The van der Waals surface area contributed by atoms with Gasteiger partial charge in [-0.1, -0.05) is 32.1 Å². The van der Waals surface area contributed by atoms with Crippen LogP contribution in [0.4, 0.5) is 4.79 Å². The van der Waals surface area contributed by atoms with Crippen molar-refractivity contribution in [1.82, 2.24) is 10.6 Å². The van der Waals surface area contributed by atoms with Crippen molar-refractivity contribution in [2.75, 3.05) is 5.75 Å². The van der Waals surface area contributed by atoms with Crippen LogP contribution in [-0.2, 0) is 4.79 Å². The largest absolute Gasteiger partial charge is 0.335 e. The number of nitrogens with one attached hydrogen (secondary N) is 2. The predicted octanol–water partition coefficient (Wildman–Crippen LogP) is 2.82. The minimum atomic E-state index is -0.318. The van der Waals surface area contributed by atoms with Crippen molar-refractivity contribution in [3.63, 3.8) is 0 Å². The molecule has 3 amide bonds. The summed E-state index contributed by atoms with van der Waals surface area (Å²) in [6.45, 7) is 0. The molecule has 4 nitrogen and oxygen atoms in total. The summed E-state index contributed by atoms with van der Waals surface area (Å²) in [5, 5.41) is 5.91. The standard InChI is InChI=1S/C14H24N2O2S/c17-13(10-19-12-8-2-1-3-9-12)16-14(18)15-11-6-4-5-7-11/h11-12H,1-10H2,(H2,15,16,17,18). The topological polar surface area (TPSA) is 58.2 Å². The molecular formula is C14H24N2O2S. The SMILES string of the molecule is O=C(CSC1CCCCC1)NC(=O)NC1CCCC1. The van der Waals surface area contributed by atoms with Gasteiger partial charge in [0.15, 0.2) is 0 Å². The highest BCUT2D eigenvalue weighted by molar-refractivity contribution is 8.00. The monoisotopic (exact) mass is 284 g/mol. The van der Waals surface area contributed by atoms with Gasteiger partial charge in [-0.05, 0) is 25.7 Å². The molecule has 0 unspecified atom stereocenters. The zero-order chi connectivity index (χ0) is 13.5. The van der Waals surface area contributed by atoms with Gasteiger partial charge >= 0.3 is 6.03 Å². The molecule has 2 fully saturated rings. The lowest BCUT2D eigenvalue weighted by atomic mass is 10.0. The summed E-state index contributed by atoms with van der Waals surface area (Å²) >= 11 is 1.70. The Labute approximate surface area is 119 Å². The van der Waals surface area contributed by atoms with E-state index in [1.807, 2.05) is 0 Å². The van der Waals surface area contributed by atoms with E-state index in [0.717, 1.165) is 12.8 Å². The highest BCUT2D eigenvalue weighted by Crippen LogP contribution is 2.27. The fourth-order valence-electron chi connectivity index (χ4n) is 2.88. The van der Waals surface area contributed by atoms with Gasteiger partial charge < -0.3 is 5.32 Å². The summed E-state index contributed by atoms with van der Waals surface area (Å²) in [4.78, 5) is 23.3. The summed E-state index contributed by atoms with van der Waals surface area (Å²) < 4.78 is 0. The molecule has 108 valence electrons. The number of carbonyl (C=O) groups excluding carboxylic acids is 2. The Morgan fingerprint density at radius 3 is 2.26 bits per heavy atom. The molecule has 2 rings (SSSR count). The maximum Gasteiger partial charge on any atom is 0.321 e. The number of rotatable bonds is 4. The number of amides is 3.